The third-order valence-corrected chi connectivity index (χ3v) is 3.26. The molecule has 0 unspecified atom stereocenters. The van der Waals surface area contributed by atoms with Crippen LogP contribution in [-0.4, -0.2) is 26.2 Å². The number of carbonyl (C=O) groups is 2. The normalized spacial score (nSPS) is 10.9. The fourth-order valence-electron chi connectivity index (χ4n) is 1.44. The Balaban J connectivity index is 2.95. The number of rotatable bonds is 4. The molecule has 0 bridgehead atoms. The van der Waals surface area contributed by atoms with Crippen LogP contribution in [0.2, 0.25) is 0 Å². The molecule has 1 aromatic rings. The maximum Gasteiger partial charge on any atom is 0.323 e. The van der Waals surface area contributed by atoms with Crippen LogP contribution in [0.4, 0.5) is 0 Å². The first-order valence-electron chi connectivity index (χ1n) is 4.74. The summed E-state index contributed by atoms with van der Waals surface area (Å²) >= 11 is 1.49. The van der Waals surface area contributed by atoms with E-state index in [-0.39, 0.29) is 0 Å². The highest BCUT2D eigenvalue weighted by atomic mass is 32.1. The fraction of sp³-hybridized carbons (Fsp3) is 0.455. The SMILES string of the molecule is COC(=O)C(C)(Cc1cccs1)C(=O)OC. The molecule has 16 heavy (non-hydrogen) atoms. The molecule has 0 saturated heterocycles. The van der Waals surface area contributed by atoms with E-state index in [9.17, 15) is 9.59 Å². The summed E-state index contributed by atoms with van der Waals surface area (Å²) in [7, 11) is 2.52. The Morgan fingerprint density at radius 1 is 1.31 bits per heavy atom. The molecule has 4 nitrogen and oxygen atoms in total. The second-order valence-electron chi connectivity index (χ2n) is 3.57. The summed E-state index contributed by atoms with van der Waals surface area (Å²) < 4.78 is 9.30. The smallest absolute Gasteiger partial charge is 0.323 e. The van der Waals surface area contributed by atoms with Gasteiger partial charge in [0.25, 0.3) is 0 Å². The summed E-state index contributed by atoms with van der Waals surface area (Å²) in [6.07, 6.45) is 0.296. The molecule has 0 aliphatic carbocycles. The highest BCUT2D eigenvalue weighted by Gasteiger charge is 2.44. The lowest BCUT2D eigenvalue weighted by atomic mass is 9.86. The van der Waals surface area contributed by atoms with E-state index in [0.29, 0.717) is 6.42 Å². The molecule has 0 N–H and O–H groups in total. The summed E-state index contributed by atoms with van der Waals surface area (Å²) in [5, 5.41) is 1.89. The average molecular weight is 242 g/mol. The van der Waals surface area contributed by atoms with Crippen molar-refractivity contribution in [2.75, 3.05) is 14.2 Å². The third kappa shape index (κ3) is 2.41. The molecule has 0 spiro atoms. The lowest BCUT2D eigenvalue weighted by Gasteiger charge is -2.22. The van der Waals surface area contributed by atoms with Crippen molar-refractivity contribution in [1.82, 2.24) is 0 Å². The number of thiophene rings is 1. The van der Waals surface area contributed by atoms with Crippen LogP contribution in [0.3, 0.4) is 0 Å². The van der Waals surface area contributed by atoms with E-state index in [1.54, 1.807) is 0 Å². The average Bonchev–Trinajstić information content (AvgIpc) is 2.79. The van der Waals surface area contributed by atoms with E-state index in [1.165, 1.54) is 32.5 Å². The molecule has 88 valence electrons. The molecule has 0 aliphatic rings. The molecule has 0 saturated carbocycles. The Morgan fingerprint density at radius 3 is 2.25 bits per heavy atom. The maximum absolute atomic E-state index is 11.6. The van der Waals surface area contributed by atoms with Crippen LogP contribution < -0.4 is 0 Å². The van der Waals surface area contributed by atoms with Gasteiger partial charge in [0.1, 0.15) is 0 Å². The molecule has 0 aliphatic heterocycles. The summed E-state index contributed by atoms with van der Waals surface area (Å²) in [6, 6.07) is 3.74. The van der Waals surface area contributed by atoms with Crippen LogP contribution in [-0.2, 0) is 25.5 Å². The summed E-state index contributed by atoms with van der Waals surface area (Å²) in [4.78, 5) is 24.2. The molecule has 0 radical (unpaired) electrons. The van der Waals surface area contributed by atoms with E-state index in [2.05, 4.69) is 9.47 Å². The number of hydrogen-bond acceptors (Lipinski definition) is 5. The molecule has 0 atom stereocenters. The van der Waals surface area contributed by atoms with Crippen molar-refractivity contribution in [3.05, 3.63) is 22.4 Å². The first kappa shape index (κ1) is 12.7. The molecule has 0 amide bonds. The van der Waals surface area contributed by atoms with Crippen molar-refractivity contribution < 1.29 is 19.1 Å². The lowest BCUT2D eigenvalue weighted by Crippen LogP contribution is -2.40. The van der Waals surface area contributed by atoms with E-state index in [4.69, 9.17) is 0 Å². The van der Waals surface area contributed by atoms with Crippen LogP contribution in [0.1, 0.15) is 11.8 Å². The van der Waals surface area contributed by atoms with Crippen LogP contribution in [0.15, 0.2) is 17.5 Å². The Bertz CT molecular complexity index is 353. The second-order valence-corrected chi connectivity index (χ2v) is 4.60. The van der Waals surface area contributed by atoms with Gasteiger partial charge in [-0.2, -0.15) is 0 Å². The molecular weight excluding hydrogens is 228 g/mol. The standard InChI is InChI=1S/C11H14O4S/c1-11(9(12)14-2,10(13)15-3)7-8-5-4-6-16-8/h4-6H,7H2,1-3H3. The number of methoxy groups -OCH3 is 2. The van der Waals surface area contributed by atoms with Crippen molar-refractivity contribution in [1.29, 1.82) is 0 Å². The largest absolute Gasteiger partial charge is 0.468 e. The Morgan fingerprint density at radius 2 is 1.88 bits per heavy atom. The van der Waals surface area contributed by atoms with Gasteiger partial charge in [-0.15, -0.1) is 11.3 Å². The summed E-state index contributed by atoms with van der Waals surface area (Å²) in [6.45, 7) is 1.53. The summed E-state index contributed by atoms with van der Waals surface area (Å²) in [5.41, 5.74) is -1.27. The van der Waals surface area contributed by atoms with Crippen molar-refractivity contribution in [3.63, 3.8) is 0 Å². The van der Waals surface area contributed by atoms with Crippen LogP contribution in [0.5, 0.6) is 0 Å². The molecule has 0 aromatic carbocycles. The van der Waals surface area contributed by atoms with Crippen molar-refractivity contribution >= 4 is 23.3 Å². The van der Waals surface area contributed by atoms with Gasteiger partial charge in [0, 0.05) is 11.3 Å². The van der Waals surface area contributed by atoms with E-state index >= 15 is 0 Å². The van der Waals surface area contributed by atoms with E-state index < -0.39 is 17.4 Å². The molecule has 5 heteroatoms. The summed E-state index contributed by atoms with van der Waals surface area (Å²) in [5.74, 6) is -1.15. The highest BCUT2D eigenvalue weighted by Crippen LogP contribution is 2.28. The monoisotopic (exact) mass is 242 g/mol. The van der Waals surface area contributed by atoms with E-state index in [1.807, 2.05) is 17.5 Å². The Labute approximate surface area is 98.2 Å². The highest BCUT2D eigenvalue weighted by molar-refractivity contribution is 7.09. The first-order chi connectivity index (χ1) is 7.54. The van der Waals surface area contributed by atoms with Crippen molar-refractivity contribution in [3.8, 4) is 0 Å². The predicted molar refractivity (Wildman–Crippen MR) is 60.2 cm³/mol. The lowest BCUT2D eigenvalue weighted by molar-refractivity contribution is -0.167. The molecular formula is C11H14O4S. The molecule has 1 rings (SSSR count). The number of hydrogen-bond donors (Lipinski definition) is 0. The third-order valence-electron chi connectivity index (χ3n) is 2.38. The van der Waals surface area contributed by atoms with Gasteiger partial charge in [-0.05, 0) is 18.4 Å². The quantitative estimate of drug-likeness (QED) is 0.595. The van der Waals surface area contributed by atoms with Crippen molar-refractivity contribution in [2.24, 2.45) is 5.41 Å². The molecule has 0 fully saturated rings. The van der Waals surface area contributed by atoms with Gasteiger partial charge >= 0.3 is 11.9 Å². The van der Waals surface area contributed by atoms with Gasteiger partial charge < -0.3 is 9.47 Å². The number of esters is 2. The number of carbonyl (C=O) groups excluding carboxylic acids is 2. The zero-order chi connectivity index (χ0) is 12.2. The van der Waals surface area contributed by atoms with Gasteiger partial charge in [0.15, 0.2) is 5.41 Å². The maximum atomic E-state index is 11.6. The zero-order valence-electron chi connectivity index (χ0n) is 9.48. The minimum absolute atomic E-state index is 0.296. The van der Waals surface area contributed by atoms with Gasteiger partial charge in [0.05, 0.1) is 14.2 Å². The van der Waals surface area contributed by atoms with Crippen molar-refractivity contribution in [2.45, 2.75) is 13.3 Å². The van der Waals surface area contributed by atoms with Gasteiger partial charge in [-0.25, -0.2) is 0 Å². The minimum Gasteiger partial charge on any atom is -0.468 e. The van der Waals surface area contributed by atoms with Crippen LogP contribution in [0.25, 0.3) is 0 Å². The van der Waals surface area contributed by atoms with Crippen LogP contribution in [0, 0.1) is 5.41 Å². The van der Waals surface area contributed by atoms with Crippen LogP contribution >= 0.6 is 11.3 Å². The molecule has 1 aromatic heterocycles. The minimum atomic E-state index is -1.27. The molecule has 1 heterocycles. The number of ether oxygens (including phenoxy) is 2. The first-order valence-corrected chi connectivity index (χ1v) is 5.61. The zero-order valence-corrected chi connectivity index (χ0v) is 10.3. The predicted octanol–water partition coefficient (Wildman–Crippen LogP) is 1.64. The Kier molecular flexibility index (Phi) is 4.06. The second kappa shape index (κ2) is 5.12. The van der Waals surface area contributed by atoms with E-state index in [0.717, 1.165) is 4.88 Å². The Hall–Kier alpha value is -1.36. The topological polar surface area (TPSA) is 52.6 Å². The van der Waals surface area contributed by atoms with Gasteiger partial charge in [-0.3, -0.25) is 9.59 Å². The van der Waals surface area contributed by atoms with Gasteiger partial charge in [-0.1, -0.05) is 6.07 Å². The van der Waals surface area contributed by atoms with Gasteiger partial charge in [0.2, 0.25) is 0 Å². The fourth-order valence-corrected chi connectivity index (χ4v) is 2.30.